The fourth-order valence-electron chi connectivity index (χ4n) is 2.33. The number of nitrogens with one attached hydrogen (secondary N) is 1. The standard InChI is InChI=1S/C18H12N2O5/c1-19-13(7-10-3-5-14(21)16(8-10)24-2)17(22)11-4-6-15-12(9-11)20-18(23)25-15/h3-9,21H,2H3,(H,20,23)/b13-7-. The lowest BCUT2D eigenvalue weighted by Crippen LogP contribution is -2.00. The van der Waals surface area contributed by atoms with Gasteiger partial charge in [0, 0.05) is 5.56 Å². The van der Waals surface area contributed by atoms with Crippen LogP contribution in [0, 0.1) is 6.57 Å². The van der Waals surface area contributed by atoms with E-state index in [1.165, 1.54) is 43.5 Å². The molecule has 3 aromatic rings. The number of benzene rings is 2. The first-order chi connectivity index (χ1) is 12.0. The van der Waals surface area contributed by atoms with Crippen LogP contribution in [0.3, 0.4) is 0 Å². The number of fused-ring (bicyclic) bond motifs is 1. The molecule has 0 aliphatic heterocycles. The second-order valence-electron chi connectivity index (χ2n) is 5.13. The third-order valence-corrected chi connectivity index (χ3v) is 3.54. The van der Waals surface area contributed by atoms with Crippen LogP contribution in [0.5, 0.6) is 11.5 Å². The molecule has 2 aromatic carbocycles. The van der Waals surface area contributed by atoms with Crippen LogP contribution in [0.1, 0.15) is 15.9 Å². The zero-order valence-corrected chi connectivity index (χ0v) is 13.1. The molecule has 0 spiro atoms. The van der Waals surface area contributed by atoms with E-state index in [-0.39, 0.29) is 22.8 Å². The van der Waals surface area contributed by atoms with E-state index in [2.05, 4.69) is 9.83 Å². The molecule has 0 unspecified atom stereocenters. The van der Waals surface area contributed by atoms with E-state index >= 15 is 0 Å². The maximum Gasteiger partial charge on any atom is 0.417 e. The fourth-order valence-corrected chi connectivity index (χ4v) is 2.33. The summed E-state index contributed by atoms with van der Waals surface area (Å²) in [6, 6.07) is 8.93. The number of phenolic OH excluding ortho intramolecular Hbond substituents is 1. The van der Waals surface area contributed by atoms with Gasteiger partial charge >= 0.3 is 5.76 Å². The van der Waals surface area contributed by atoms with Crippen molar-refractivity contribution < 1.29 is 19.1 Å². The second kappa shape index (κ2) is 6.37. The first-order valence-electron chi connectivity index (χ1n) is 7.15. The predicted molar refractivity (Wildman–Crippen MR) is 90.4 cm³/mol. The molecule has 0 atom stereocenters. The second-order valence-corrected chi connectivity index (χ2v) is 5.13. The number of aromatic nitrogens is 1. The molecule has 0 saturated carbocycles. The number of carbonyl (C=O) groups excluding carboxylic acids is 1. The molecule has 0 fully saturated rings. The quantitative estimate of drug-likeness (QED) is 0.434. The minimum Gasteiger partial charge on any atom is -0.504 e. The van der Waals surface area contributed by atoms with Crippen molar-refractivity contribution >= 4 is 23.0 Å². The van der Waals surface area contributed by atoms with E-state index in [0.29, 0.717) is 16.7 Å². The van der Waals surface area contributed by atoms with Gasteiger partial charge in [0.15, 0.2) is 22.9 Å². The number of aromatic amines is 1. The molecule has 1 aromatic heterocycles. The van der Waals surface area contributed by atoms with Crippen molar-refractivity contribution in [3.8, 4) is 11.5 Å². The number of ether oxygens (including phenoxy) is 1. The Morgan fingerprint density at radius 3 is 2.84 bits per heavy atom. The number of methoxy groups -OCH3 is 1. The predicted octanol–water partition coefficient (Wildman–Crippen LogP) is 2.98. The van der Waals surface area contributed by atoms with Crippen LogP contribution in [0.2, 0.25) is 0 Å². The minimum atomic E-state index is -0.614. The minimum absolute atomic E-state index is 0.0373. The van der Waals surface area contributed by atoms with Crippen molar-refractivity contribution in [1.29, 1.82) is 0 Å². The average Bonchev–Trinajstić information content (AvgIpc) is 2.99. The molecule has 0 radical (unpaired) electrons. The fraction of sp³-hybridized carbons (Fsp3) is 0.0556. The number of oxazole rings is 1. The van der Waals surface area contributed by atoms with Crippen LogP contribution < -0.4 is 10.5 Å². The molecular weight excluding hydrogens is 324 g/mol. The van der Waals surface area contributed by atoms with Crippen molar-refractivity contribution in [1.82, 2.24) is 4.98 Å². The molecule has 2 N–H and O–H groups in total. The smallest absolute Gasteiger partial charge is 0.417 e. The van der Waals surface area contributed by atoms with Gasteiger partial charge in [-0.2, -0.15) is 0 Å². The van der Waals surface area contributed by atoms with Crippen molar-refractivity contribution in [2.75, 3.05) is 7.11 Å². The molecular formula is C18H12N2O5. The molecule has 0 aliphatic rings. The van der Waals surface area contributed by atoms with E-state index in [4.69, 9.17) is 15.7 Å². The van der Waals surface area contributed by atoms with Gasteiger partial charge in [0.1, 0.15) is 0 Å². The third kappa shape index (κ3) is 3.14. The number of H-pyrrole nitrogens is 1. The van der Waals surface area contributed by atoms with E-state index in [1.54, 1.807) is 6.07 Å². The van der Waals surface area contributed by atoms with Crippen molar-refractivity contribution in [2.24, 2.45) is 0 Å². The van der Waals surface area contributed by atoms with Crippen molar-refractivity contribution in [3.05, 3.63) is 75.2 Å². The Morgan fingerprint density at radius 2 is 2.12 bits per heavy atom. The molecule has 0 aliphatic carbocycles. The van der Waals surface area contributed by atoms with Gasteiger partial charge in [0.25, 0.3) is 0 Å². The first kappa shape index (κ1) is 16.1. The Morgan fingerprint density at radius 1 is 1.32 bits per heavy atom. The number of hydrogen-bond donors (Lipinski definition) is 2. The summed E-state index contributed by atoms with van der Waals surface area (Å²) in [6.45, 7) is 7.28. The normalized spacial score (nSPS) is 11.3. The summed E-state index contributed by atoms with van der Waals surface area (Å²) >= 11 is 0. The van der Waals surface area contributed by atoms with Crippen LogP contribution in [0.25, 0.3) is 22.0 Å². The maximum absolute atomic E-state index is 12.6. The first-order valence-corrected chi connectivity index (χ1v) is 7.15. The van der Waals surface area contributed by atoms with Crippen LogP contribution >= 0.6 is 0 Å². The highest BCUT2D eigenvalue weighted by Gasteiger charge is 2.15. The largest absolute Gasteiger partial charge is 0.504 e. The molecule has 0 amide bonds. The Bertz CT molecular complexity index is 1100. The van der Waals surface area contributed by atoms with Crippen LogP contribution in [-0.4, -0.2) is 23.0 Å². The molecule has 7 nitrogen and oxygen atoms in total. The molecule has 3 rings (SSSR count). The summed E-state index contributed by atoms with van der Waals surface area (Å²) in [4.78, 5) is 29.5. The Balaban J connectivity index is 2.00. The molecule has 1 heterocycles. The Hall–Kier alpha value is -3.79. The maximum atomic E-state index is 12.6. The lowest BCUT2D eigenvalue weighted by molar-refractivity contribution is 0.103. The number of ketones is 1. The van der Waals surface area contributed by atoms with E-state index in [9.17, 15) is 14.7 Å². The molecule has 7 heteroatoms. The average molecular weight is 336 g/mol. The van der Waals surface area contributed by atoms with Crippen LogP contribution in [0.4, 0.5) is 0 Å². The molecule has 25 heavy (non-hydrogen) atoms. The third-order valence-electron chi connectivity index (χ3n) is 3.54. The van der Waals surface area contributed by atoms with Crippen LogP contribution in [-0.2, 0) is 0 Å². The van der Waals surface area contributed by atoms with Crippen molar-refractivity contribution in [3.63, 3.8) is 0 Å². The zero-order valence-electron chi connectivity index (χ0n) is 13.1. The summed E-state index contributed by atoms with van der Waals surface area (Å²) in [5.41, 5.74) is 1.38. The van der Waals surface area contributed by atoms with Gasteiger partial charge in [0.05, 0.1) is 19.2 Å². The van der Waals surface area contributed by atoms with Gasteiger partial charge < -0.3 is 19.1 Å². The topological polar surface area (TPSA) is 96.9 Å². The number of phenols is 1. The number of allylic oxidation sites excluding steroid dienone is 1. The van der Waals surface area contributed by atoms with Gasteiger partial charge in [-0.15, -0.1) is 0 Å². The summed E-state index contributed by atoms with van der Waals surface area (Å²) in [5.74, 6) is -0.907. The lowest BCUT2D eigenvalue weighted by Gasteiger charge is -2.05. The molecule has 0 bridgehead atoms. The number of Topliss-reactive ketones (excluding diaryl/α,β-unsaturated/α-hetero) is 1. The lowest BCUT2D eigenvalue weighted by atomic mass is 10.1. The van der Waals surface area contributed by atoms with E-state index in [0.717, 1.165) is 0 Å². The van der Waals surface area contributed by atoms with E-state index in [1.807, 2.05) is 0 Å². The summed E-state index contributed by atoms with van der Waals surface area (Å²) in [7, 11) is 1.41. The van der Waals surface area contributed by atoms with Crippen LogP contribution in [0.15, 0.2) is 51.3 Å². The van der Waals surface area contributed by atoms with Gasteiger partial charge in [0.2, 0.25) is 5.70 Å². The van der Waals surface area contributed by atoms with Crippen molar-refractivity contribution in [2.45, 2.75) is 0 Å². The zero-order chi connectivity index (χ0) is 18.0. The Kier molecular flexibility index (Phi) is 4.10. The van der Waals surface area contributed by atoms with Gasteiger partial charge in [-0.05, 0) is 42.0 Å². The van der Waals surface area contributed by atoms with E-state index < -0.39 is 11.5 Å². The highest BCUT2D eigenvalue weighted by molar-refractivity contribution is 6.13. The van der Waals surface area contributed by atoms with Gasteiger partial charge in [-0.25, -0.2) is 9.64 Å². The number of rotatable bonds is 4. The summed E-state index contributed by atoms with van der Waals surface area (Å²) in [5, 5.41) is 9.61. The highest BCUT2D eigenvalue weighted by atomic mass is 16.5. The Labute approximate surface area is 141 Å². The number of hydrogen-bond acceptors (Lipinski definition) is 5. The van der Waals surface area contributed by atoms with Gasteiger partial charge in [-0.1, -0.05) is 6.07 Å². The number of nitrogens with zero attached hydrogens (tertiary/aromatic N) is 1. The highest BCUT2D eigenvalue weighted by Crippen LogP contribution is 2.28. The molecule has 0 saturated heterocycles. The number of aromatic hydroxyl groups is 1. The summed E-state index contributed by atoms with van der Waals surface area (Å²) < 4.78 is 9.90. The SMILES string of the molecule is [C-]#[N+]/C(=C\c1ccc(O)c(OC)c1)C(=O)c1ccc2oc(=O)[nH]c2c1. The molecule has 124 valence electrons. The van der Waals surface area contributed by atoms with Gasteiger partial charge in [-0.3, -0.25) is 4.98 Å². The number of carbonyl (C=O) groups is 1. The summed E-state index contributed by atoms with van der Waals surface area (Å²) in [6.07, 6.45) is 1.40. The monoisotopic (exact) mass is 336 g/mol.